The second-order valence-corrected chi connectivity index (χ2v) is 7.20. The lowest BCUT2D eigenvalue weighted by molar-refractivity contribution is 0.235. The molecule has 0 spiro atoms. The molecule has 2 N–H and O–H groups in total. The lowest BCUT2D eigenvalue weighted by Gasteiger charge is -2.16. The SMILES string of the molecule is CCNC(=NCC1CCCS1)NCC1Cc2ccccc2O1.I. The van der Waals surface area contributed by atoms with E-state index in [9.17, 15) is 0 Å². The predicted octanol–water partition coefficient (Wildman–Crippen LogP) is 3.06. The molecule has 128 valence electrons. The lowest BCUT2D eigenvalue weighted by Crippen LogP contribution is -2.42. The molecule has 23 heavy (non-hydrogen) atoms. The highest BCUT2D eigenvalue weighted by atomic mass is 127. The highest BCUT2D eigenvalue weighted by Gasteiger charge is 2.22. The van der Waals surface area contributed by atoms with E-state index in [2.05, 4.69) is 41.5 Å². The van der Waals surface area contributed by atoms with Crippen LogP contribution >= 0.6 is 35.7 Å². The number of rotatable bonds is 5. The van der Waals surface area contributed by atoms with Gasteiger partial charge in [0.2, 0.25) is 0 Å². The first-order chi connectivity index (χ1) is 10.8. The summed E-state index contributed by atoms with van der Waals surface area (Å²) in [6, 6.07) is 8.29. The van der Waals surface area contributed by atoms with Crippen LogP contribution in [0.4, 0.5) is 0 Å². The minimum atomic E-state index is 0. The molecule has 3 rings (SSSR count). The van der Waals surface area contributed by atoms with Gasteiger partial charge in [-0.05, 0) is 37.1 Å². The van der Waals surface area contributed by atoms with E-state index in [1.807, 2.05) is 12.1 Å². The van der Waals surface area contributed by atoms with Crippen LogP contribution in [-0.2, 0) is 6.42 Å². The summed E-state index contributed by atoms with van der Waals surface area (Å²) >= 11 is 2.05. The number of ether oxygens (including phenoxy) is 1. The predicted molar refractivity (Wildman–Crippen MR) is 109 cm³/mol. The second kappa shape index (κ2) is 9.61. The number of hydrogen-bond donors (Lipinski definition) is 2. The Labute approximate surface area is 160 Å². The minimum Gasteiger partial charge on any atom is -0.488 e. The van der Waals surface area contributed by atoms with E-state index in [1.165, 1.54) is 24.2 Å². The van der Waals surface area contributed by atoms with Crippen LogP contribution < -0.4 is 15.4 Å². The first kappa shape index (κ1) is 18.7. The van der Waals surface area contributed by atoms with Crippen molar-refractivity contribution in [1.29, 1.82) is 0 Å². The molecule has 0 amide bonds. The molecule has 1 fully saturated rings. The Kier molecular flexibility index (Phi) is 7.82. The molecule has 2 heterocycles. The molecule has 0 bridgehead atoms. The Morgan fingerprint density at radius 2 is 2.22 bits per heavy atom. The number of hydrogen-bond acceptors (Lipinski definition) is 3. The van der Waals surface area contributed by atoms with Crippen molar-refractivity contribution < 1.29 is 4.74 Å². The highest BCUT2D eigenvalue weighted by Crippen LogP contribution is 2.28. The first-order valence-corrected chi connectivity index (χ1v) is 9.28. The van der Waals surface area contributed by atoms with Crippen LogP contribution in [-0.4, -0.2) is 42.7 Å². The maximum Gasteiger partial charge on any atom is 0.191 e. The normalized spacial score (nSPS) is 22.9. The summed E-state index contributed by atoms with van der Waals surface area (Å²) in [7, 11) is 0. The molecular weight excluding hydrogens is 421 g/mol. The quantitative estimate of drug-likeness (QED) is 0.414. The fraction of sp³-hybridized carbons (Fsp3) is 0.588. The molecule has 4 nitrogen and oxygen atoms in total. The van der Waals surface area contributed by atoms with Crippen molar-refractivity contribution in [2.45, 2.75) is 37.5 Å². The fourth-order valence-corrected chi connectivity index (χ4v) is 4.08. The molecule has 6 heteroatoms. The Hall–Kier alpha value is -0.630. The van der Waals surface area contributed by atoms with Gasteiger partial charge in [0.25, 0.3) is 0 Å². The van der Waals surface area contributed by atoms with Crippen LogP contribution in [0.1, 0.15) is 25.3 Å². The summed E-state index contributed by atoms with van der Waals surface area (Å²) in [5.41, 5.74) is 1.30. The smallest absolute Gasteiger partial charge is 0.191 e. The van der Waals surface area contributed by atoms with Crippen molar-refractivity contribution in [2.24, 2.45) is 4.99 Å². The van der Waals surface area contributed by atoms with Gasteiger partial charge in [-0.2, -0.15) is 11.8 Å². The van der Waals surface area contributed by atoms with Crippen LogP contribution in [0.25, 0.3) is 0 Å². The van der Waals surface area contributed by atoms with Crippen molar-refractivity contribution in [2.75, 3.05) is 25.4 Å². The molecular formula is C17H26IN3OS. The number of aliphatic imine (C=N–C) groups is 1. The average Bonchev–Trinajstić information content (AvgIpc) is 3.18. The van der Waals surface area contributed by atoms with Gasteiger partial charge in [-0.25, -0.2) is 0 Å². The summed E-state index contributed by atoms with van der Waals surface area (Å²) < 4.78 is 5.96. The van der Waals surface area contributed by atoms with Crippen molar-refractivity contribution in [3.63, 3.8) is 0 Å². The van der Waals surface area contributed by atoms with Gasteiger partial charge in [-0.1, -0.05) is 18.2 Å². The molecule has 1 saturated heterocycles. The van der Waals surface area contributed by atoms with Crippen LogP contribution in [0.2, 0.25) is 0 Å². The number of nitrogens with one attached hydrogen (secondary N) is 2. The van der Waals surface area contributed by atoms with E-state index in [0.717, 1.165) is 37.8 Å². The molecule has 1 aromatic carbocycles. The first-order valence-electron chi connectivity index (χ1n) is 8.23. The molecule has 0 radical (unpaired) electrons. The van der Waals surface area contributed by atoms with Gasteiger partial charge >= 0.3 is 0 Å². The van der Waals surface area contributed by atoms with Gasteiger partial charge in [0, 0.05) is 18.2 Å². The molecule has 0 aliphatic carbocycles. The summed E-state index contributed by atoms with van der Waals surface area (Å²) in [4.78, 5) is 4.72. The number of guanidine groups is 1. The van der Waals surface area contributed by atoms with Gasteiger partial charge in [-0.3, -0.25) is 4.99 Å². The Morgan fingerprint density at radius 1 is 1.35 bits per heavy atom. The largest absolute Gasteiger partial charge is 0.488 e. The van der Waals surface area contributed by atoms with Crippen molar-refractivity contribution in [1.82, 2.24) is 10.6 Å². The number of thioether (sulfide) groups is 1. The Bertz CT molecular complexity index is 495. The second-order valence-electron chi connectivity index (χ2n) is 5.79. The number of nitrogens with zero attached hydrogens (tertiary/aromatic N) is 1. The minimum absolute atomic E-state index is 0. The van der Waals surface area contributed by atoms with E-state index in [4.69, 9.17) is 9.73 Å². The fourth-order valence-electron chi connectivity index (χ4n) is 2.90. The third kappa shape index (κ3) is 5.45. The molecule has 2 atom stereocenters. The zero-order valence-electron chi connectivity index (χ0n) is 13.6. The van der Waals surface area contributed by atoms with Crippen LogP contribution in [0.15, 0.2) is 29.3 Å². The summed E-state index contributed by atoms with van der Waals surface area (Å²) in [5, 5.41) is 7.45. The maximum absolute atomic E-state index is 5.96. The van der Waals surface area contributed by atoms with Crippen LogP contribution in [0.5, 0.6) is 5.75 Å². The van der Waals surface area contributed by atoms with Crippen molar-refractivity contribution in [3.05, 3.63) is 29.8 Å². The van der Waals surface area contributed by atoms with E-state index in [1.54, 1.807) is 0 Å². The third-order valence-electron chi connectivity index (χ3n) is 4.03. The summed E-state index contributed by atoms with van der Waals surface area (Å²) in [6.45, 7) is 4.68. The van der Waals surface area contributed by atoms with Gasteiger partial charge in [0.05, 0.1) is 13.1 Å². The van der Waals surface area contributed by atoms with Crippen molar-refractivity contribution in [3.8, 4) is 5.75 Å². The highest BCUT2D eigenvalue weighted by molar-refractivity contribution is 14.0. The molecule has 0 aromatic heterocycles. The number of fused-ring (bicyclic) bond motifs is 1. The maximum atomic E-state index is 5.96. The average molecular weight is 447 g/mol. The van der Waals surface area contributed by atoms with E-state index in [-0.39, 0.29) is 30.1 Å². The van der Waals surface area contributed by atoms with Crippen LogP contribution in [0.3, 0.4) is 0 Å². The zero-order valence-corrected chi connectivity index (χ0v) is 16.7. The topological polar surface area (TPSA) is 45.7 Å². The van der Waals surface area contributed by atoms with E-state index in [0.29, 0.717) is 5.25 Å². The molecule has 2 aliphatic rings. The van der Waals surface area contributed by atoms with Gasteiger partial charge in [0.1, 0.15) is 11.9 Å². The van der Waals surface area contributed by atoms with E-state index < -0.39 is 0 Å². The van der Waals surface area contributed by atoms with Crippen molar-refractivity contribution >= 4 is 41.7 Å². The lowest BCUT2D eigenvalue weighted by atomic mass is 10.1. The molecule has 0 saturated carbocycles. The zero-order chi connectivity index (χ0) is 15.2. The molecule has 2 unspecified atom stereocenters. The number of halogens is 1. The summed E-state index contributed by atoms with van der Waals surface area (Å²) in [6.07, 6.45) is 3.81. The Balaban J connectivity index is 0.00000192. The third-order valence-corrected chi connectivity index (χ3v) is 5.41. The van der Waals surface area contributed by atoms with Gasteiger partial charge < -0.3 is 15.4 Å². The van der Waals surface area contributed by atoms with Crippen LogP contribution in [0, 0.1) is 0 Å². The Morgan fingerprint density at radius 3 is 2.96 bits per heavy atom. The number of benzene rings is 1. The number of para-hydroxylation sites is 1. The monoisotopic (exact) mass is 447 g/mol. The summed E-state index contributed by atoms with van der Waals surface area (Å²) in [5.74, 6) is 3.23. The van der Waals surface area contributed by atoms with Gasteiger partial charge in [0.15, 0.2) is 5.96 Å². The standard InChI is InChI=1S/C17H25N3OS.HI/c1-2-18-17(20-12-15-7-5-9-22-15)19-11-14-10-13-6-3-4-8-16(13)21-14;/h3-4,6,8,14-15H,2,5,7,9-12H2,1H3,(H2,18,19,20);1H. The van der Waals surface area contributed by atoms with Gasteiger partial charge in [-0.15, -0.1) is 24.0 Å². The molecule has 1 aromatic rings. The van der Waals surface area contributed by atoms with E-state index >= 15 is 0 Å². The molecule has 2 aliphatic heterocycles.